The third-order valence-corrected chi connectivity index (χ3v) is 1.14. The van der Waals surface area contributed by atoms with E-state index in [-0.39, 0.29) is 18.4 Å². The Hall–Kier alpha value is -1.30. The van der Waals surface area contributed by atoms with Crippen molar-refractivity contribution in [2.24, 2.45) is 16.6 Å². The van der Waals surface area contributed by atoms with Crippen LogP contribution in [0.2, 0.25) is 0 Å². The molecule has 0 aliphatic carbocycles. The number of rotatable bonds is 4. The molecule has 0 bridgehead atoms. The topological polar surface area (TPSA) is 114 Å². The van der Waals surface area contributed by atoms with Gasteiger partial charge in [-0.25, -0.2) is 0 Å². The van der Waals surface area contributed by atoms with Crippen LogP contribution in [0, 0.1) is 0 Å². The van der Waals surface area contributed by atoms with Crippen LogP contribution in [0.4, 0.5) is 0 Å². The van der Waals surface area contributed by atoms with Crippen LogP contribution < -0.4 is 16.8 Å². The first-order chi connectivity index (χ1) is 5.07. The van der Waals surface area contributed by atoms with E-state index in [1.54, 1.807) is 6.92 Å². The minimum absolute atomic E-state index is 0.0113. The molecule has 0 spiro atoms. The molecule has 0 heterocycles. The zero-order valence-electron chi connectivity index (χ0n) is 6.24. The van der Waals surface area contributed by atoms with Crippen LogP contribution in [-0.4, -0.2) is 29.5 Å². The molecule has 1 amide bonds. The summed E-state index contributed by atoms with van der Waals surface area (Å²) in [6, 6.07) is -0.354. The van der Waals surface area contributed by atoms with Crippen molar-refractivity contribution in [1.82, 2.24) is 5.32 Å². The number of oxime groups is 1. The normalized spacial score (nSPS) is 14.5. The summed E-state index contributed by atoms with van der Waals surface area (Å²) in [5.74, 6) is -0.464. The van der Waals surface area contributed by atoms with E-state index in [9.17, 15) is 4.79 Å². The second kappa shape index (κ2) is 4.51. The van der Waals surface area contributed by atoms with Crippen molar-refractivity contribution in [3.63, 3.8) is 0 Å². The van der Waals surface area contributed by atoms with Gasteiger partial charge in [0, 0.05) is 0 Å². The molecule has 0 aromatic heterocycles. The quantitative estimate of drug-likeness (QED) is 0.168. The van der Waals surface area contributed by atoms with Gasteiger partial charge >= 0.3 is 0 Å². The van der Waals surface area contributed by atoms with E-state index in [2.05, 4.69) is 10.5 Å². The maximum Gasteiger partial charge on any atom is 0.231 e. The van der Waals surface area contributed by atoms with Crippen LogP contribution in [0.1, 0.15) is 6.92 Å². The van der Waals surface area contributed by atoms with Gasteiger partial charge in [-0.05, 0) is 6.92 Å². The number of amidine groups is 1. The van der Waals surface area contributed by atoms with E-state index in [1.807, 2.05) is 0 Å². The van der Waals surface area contributed by atoms with E-state index in [0.717, 1.165) is 0 Å². The highest BCUT2D eigenvalue weighted by molar-refractivity contribution is 5.85. The first-order valence-corrected chi connectivity index (χ1v) is 3.07. The highest BCUT2D eigenvalue weighted by atomic mass is 16.4. The van der Waals surface area contributed by atoms with E-state index < -0.39 is 5.91 Å². The Balaban J connectivity index is 3.69. The van der Waals surface area contributed by atoms with Crippen LogP contribution in [0.3, 0.4) is 0 Å². The van der Waals surface area contributed by atoms with Gasteiger partial charge in [-0.1, -0.05) is 5.16 Å². The largest absolute Gasteiger partial charge is 0.409 e. The predicted molar refractivity (Wildman–Crippen MR) is 40.1 cm³/mol. The summed E-state index contributed by atoms with van der Waals surface area (Å²) in [4.78, 5) is 10.2. The lowest BCUT2D eigenvalue weighted by molar-refractivity contribution is -0.117. The van der Waals surface area contributed by atoms with E-state index in [4.69, 9.17) is 16.7 Å². The lowest BCUT2D eigenvalue weighted by Crippen LogP contribution is -2.42. The molecule has 0 aliphatic heterocycles. The SMILES string of the molecule is CC(NCC(N)=O)C(N)=NO. The Morgan fingerprint density at radius 1 is 1.73 bits per heavy atom. The van der Waals surface area contributed by atoms with Crippen LogP contribution in [-0.2, 0) is 4.79 Å². The molecule has 0 rings (SSSR count). The molecule has 6 nitrogen and oxygen atoms in total. The van der Waals surface area contributed by atoms with E-state index in [0.29, 0.717) is 0 Å². The van der Waals surface area contributed by atoms with Gasteiger partial charge in [0.1, 0.15) is 0 Å². The fourth-order valence-electron chi connectivity index (χ4n) is 0.445. The number of amides is 1. The fraction of sp³-hybridized carbons (Fsp3) is 0.600. The summed E-state index contributed by atoms with van der Waals surface area (Å²) in [5.41, 5.74) is 10.0. The fourth-order valence-corrected chi connectivity index (χ4v) is 0.445. The molecule has 0 fully saturated rings. The summed E-state index contributed by atoms with van der Waals surface area (Å²) in [6.07, 6.45) is 0. The molecule has 0 aromatic carbocycles. The van der Waals surface area contributed by atoms with Gasteiger partial charge in [-0.2, -0.15) is 0 Å². The zero-order valence-corrected chi connectivity index (χ0v) is 6.24. The maximum atomic E-state index is 10.2. The van der Waals surface area contributed by atoms with Crippen molar-refractivity contribution in [3.8, 4) is 0 Å². The molecule has 6 heteroatoms. The molecule has 1 unspecified atom stereocenters. The smallest absolute Gasteiger partial charge is 0.231 e. The minimum atomic E-state index is -0.484. The average molecular weight is 160 g/mol. The Bertz CT molecular complexity index is 168. The predicted octanol–water partition coefficient (Wildman–Crippen LogP) is -1.80. The second-order valence-electron chi connectivity index (χ2n) is 2.09. The van der Waals surface area contributed by atoms with Crippen molar-refractivity contribution in [2.45, 2.75) is 13.0 Å². The average Bonchev–Trinajstić information content (AvgIpc) is 1.98. The first kappa shape index (κ1) is 9.70. The number of carbonyl (C=O) groups excluding carboxylic acids is 1. The molecule has 1 atom stereocenters. The van der Waals surface area contributed by atoms with Gasteiger partial charge < -0.3 is 16.7 Å². The third-order valence-electron chi connectivity index (χ3n) is 1.14. The lowest BCUT2D eigenvalue weighted by Gasteiger charge is -2.09. The van der Waals surface area contributed by atoms with Gasteiger partial charge in [-0.15, -0.1) is 0 Å². The molecule has 11 heavy (non-hydrogen) atoms. The Kier molecular flexibility index (Phi) is 3.97. The zero-order chi connectivity index (χ0) is 8.85. The Labute approximate surface area is 64.2 Å². The van der Waals surface area contributed by atoms with Crippen molar-refractivity contribution in [1.29, 1.82) is 0 Å². The molecule has 0 saturated carbocycles. The van der Waals surface area contributed by atoms with Crippen LogP contribution in [0.5, 0.6) is 0 Å². The highest BCUT2D eigenvalue weighted by Crippen LogP contribution is 1.79. The number of hydrogen-bond acceptors (Lipinski definition) is 4. The summed E-state index contributed by atoms with van der Waals surface area (Å²) in [6.45, 7) is 1.66. The molecule has 0 radical (unpaired) electrons. The third kappa shape index (κ3) is 4.15. The number of hydrogen-bond donors (Lipinski definition) is 4. The van der Waals surface area contributed by atoms with E-state index >= 15 is 0 Å². The van der Waals surface area contributed by atoms with E-state index in [1.165, 1.54) is 0 Å². The van der Waals surface area contributed by atoms with Crippen molar-refractivity contribution < 1.29 is 10.0 Å². The number of nitrogens with zero attached hydrogens (tertiary/aromatic N) is 1. The van der Waals surface area contributed by atoms with Gasteiger partial charge in [0.25, 0.3) is 0 Å². The minimum Gasteiger partial charge on any atom is -0.409 e. The standard InChI is InChI=1S/C5H12N4O2/c1-3(5(7)9-11)8-2-4(6)10/h3,8,11H,2H2,1H3,(H2,6,10)(H2,7,9). The lowest BCUT2D eigenvalue weighted by atomic mass is 10.3. The molecular weight excluding hydrogens is 148 g/mol. The molecule has 64 valence electrons. The number of nitrogens with two attached hydrogens (primary N) is 2. The Morgan fingerprint density at radius 2 is 2.27 bits per heavy atom. The first-order valence-electron chi connectivity index (χ1n) is 3.07. The monoisotopic (exact) mass is 160 g/mol. The Morgan fingerprint density at radius 3 is 2.64 bits per heavy atom. The van der Waals surface area contributed by atoms with Crippen molar-refractivity contribution in [3.05, 3.63) is 0 Å². The molecular formula is C5H12N4O2. The van der Waals surface area contributed by atoms with Crippen molar-refractivity contribution >= 4 is 11.7 Å². The van der Waals surface area contributed by atoms with Gasteiger partial charge in [0.2, 0.25) is 5.91 Å². The van der Waals surface area contributed by atoms with Crippen LogP contribution >= 0.6 is 0 Å². The maximum absolute atomic E-state index is 10.2. The van der Waals surface area contributed by atoms with Gasteiger partial charge in [-0.3, -0.25) is 10.1 Å². The molecule has 6 N–H and O–H groups in total. The number of primary amides is 1. The highest BCUT2D eigenvalue weighted by Gasteiger charge is 2.06. The van der Waals surface area contributed by atoms with Gasteiger partial charge in [0.15, 0.2) is 5.84 Å². The number of carbonyl (C=O) groups is 1. The van der Waals surface area contributed by atoms with Crippen LogP contribution in [0.15, 0.2) is 5.16 Å². The molecule has 0 saturated heterocycles. The summed E-state index contributed by atoms with van der Waals surface area (Å²) in [7, 11) is 0. The molecule has 0 aliphatic rings. The summed E-state index contributed by atoms with van der Waals surface area (Å²) in [5, 5.41) is 13.6. The van der Waals surface area contributed by atoms with Crippen LogP contribution in [0.25, 0.3) is 0 Å². The molecule has 0 aromatic rings. The number of nitrogens with one attached hydrogen (secondary N) is 1. The summed E-state index contributed by atoms with van der Waals surface area (Å²) < 4.78 is 0. The second-order valence-corrected chi connectivity index (χ2v) is 2.09. The van der Waals surface area contributed by atoms with Gasteiger partial charge in [0.05, 0.1) is 12.6 Å². The summed E-state index contributed by atoms with van der Waals surface area (Å²) >= 11 is 0. The van der Waals surface area contributed by atoms with Crippen molar-refractivity contribution in [2.75, 3.05) is 6.54 Å².